The van der Waals surface area contributed by atoms with Gasteiger partial charge in [0.05, 0.1) is 27.8 Å². The molecule has 0 saturated heterocycles. The number of hydrogen-bond acceptors (Lipinski definition) is 8. The van der Waals surface area contributed by atoms with Crippen LogP contribution in [0.3, 0.4) is 0 Å². The van der Waals surface area contributed by atoms with Crippen molar-refractivity contribution in [2.24, 2.45) is 0 Å². The fraction of sp³-hybridized carbons (Fsp3) is 0.250. The number of aromatic nitrogens is 4. The van der Waals surface area contributed by atoms with Gasteiger partial charge in [-0.15, -0.1) is 16.4 Å². The summed E-state index contributed by atoms with van der Waals surface area (Å²) in [6.07, 6.45) is 1.90. The van der Waals surface area contributed by atoms with Crippen molar-refractivity contribution < 1.29 is 9.59 Å². The van der Waals surface area contributed by atoms with E-state index in [1.807, 2.05) is 42.6 Å². The smallest absolute Gasteiger partial charge is 0.261 e. The molecule has 192 valence electrons. The van der Waals surface area contributed by atoms with Crippen LogP contribution in [0.25, 0.3) is 26.7 Å². The molecule has 6 rings (SSSR count). The molecule has 8 nitrogen and oxygen atoms in total. The fourth-order valence-corrected chi connectivity index (χ4v) is 6.79. The van der Waals surface area contributed by atoms with Gasteiger partial charge in [0, 0.05) is 40.7 Å². The van der Waals surface area contributed by atoms with Crippen LogP contribution in [-0.4, -0.2) is 67.8 Å². The standard InChI is InChI=1S/C28H26N6O2S2/c1-3-32(4-2)14-15-33-26(35)20-9-7-8-19-23(13-12-21(25(19)20)27(33)36)34-16-18(30-31-34)17-37-28-29-22-10-5-6-11-24(22)38-28/h5-13,16H,3-4,14-15,17H2,1-2H3. The van der Waals surface area contributed by atoms with E-state index in [0.29, 0.717) is 35.4 Å². The number of fused-ring (bicyclic) bond motifs is 1. The molecule has 0 radical (unpaired) electrons. The largest absolute Gasteiger partial charge is 0.302 e. The van der Waals surface area contributed by atoms with Crippen molar-refractivity contribution in [2.75, 3.05) is 26.2 Å². The van der Waals surface area contributed by atoms with E-state index in [2.05, 4.69) is 40.1 Å². The highest BCUT2D eigenvalue weighted by Crippen LogP contribution is 2.34. The number of likely N-dealkylation sites (N-methyl/N-ethyl adjacent to an activating group) is 1. The summed E-state index contributed by atoms with van der Waals surface area (Å²) in [5, 5.41) is 10.2. The average Bonchev–Trinajstić information content (AvgIpc) is 3.59. The maximum Gasteiger partial charge on any atom is 0.261 e. The highest BCUT2D eigenvalue weighted by molar-refractivity contribution is 8.00. The number of carbonyl (C=O) groups is 2. The summed E-state index contributed by atoms with van der Waals surface area (Å²) in [5.74, 6) is 0.146. The molecule has 0 unspecified atom stereocenters. The first-order valence-corrected chi connectivity index (χ1v) is 14.4. The van der Waals surface area contributed by atoms with Gasteiger partial charge in [0.15, 0.2) is 4.34 Å². The molecule has 0 aliphatic carbocycles. The van der Waals surface area contributed by atoms with Crippen molar-refractivity contribution >= 4 is 55.9 Å². The highest BCUT2D eigenvalue weighted by atomic mass is 32.2. The van der Waals surface area contributed by atoms with Crippen LogP contribution in [0.1, 0.15) is 40.3 Å². The molecule has 0 bridgehead atoms. The third kappa shape index (κ3) is 4.38. The van der Waals surface area contributed by atoms with Gasteiger partial charge in [-0.25, -0.2) is 9.67 Å². The molecule has 3 aromatic carbocycles. The van der Waals surface area contributed by atoms with E-state index in [0.717, 1.165) is 44.4 Å². The van der Waals surface area contributed by atoms with Crippen LogP contribution in [0.5, 0.6) is 0 Å². The first kappa shape index (κ1) is 24.7. The van der Waals surface area contributed by atoms with Gasteiger partial charge in [0.2, 0.25) is 0 Å². The predicted molar refractivity (Wildman–Crippen MR) is 151 cm³/mol. The first-order chi connectivity index (χ1) is 18.6. The van der Waals surface area contributed by atoms with E-state index in [9.17, 15) is 9.59 Å². The minimum absolute atomic E-state index is 0.246. The van der Waals surface area contributed by atoms with E-state index in [1.54, 1.807) is 39.9 Å². The van der Waals surface area contributed by atoms with Gasteiger partial charge in [-0.1, -0.05) is 55.1 Å². The maximum atomic E-state index is 13.4. The van der Waals surface area contributed by atoms with Crippen molar-refractivity contribution in [1.29, 1.82) is 0 Å². The molecule has 1 aliphatic rings. The Morgan fingerprint density at radius 3 is 2.53 bits per heavy atom. The molecule has 0 N–H and O–H groups in total. The maximum absolute atomic E-state index is 13.4. The second-order valence-corrected chi connectivity index (χ2v) is 11.3. The van der Waals surface area contributed by atoms with Gasteiger partial charge in [-0.2, -0.15) is 0 Å². The molecule has 1 aliphatic heterocycles. The zero-order valence-electron chi connectivity index (χ0n) is 21.1. The molecule has 0 fully saturated rings. The Bertz CT molecular complexity index is 1620. The van der Waals surface area contributed by atoms with Crippen molar-refractivity contribution in [3.63, 3.8) is 0 Å². The Morgan fingerprint density at radius 2 is 1.74 bits per heavy atom. The van der Waals surface area contributed by atoms with Crippen LogP contribution in [-0.2, 0) is 5.75 Å². The monoisotopic (exact) mass is 542 g/mol. The number of amides is 2. The van der Waals surface area contributed by atoms with Gasteiger partial charge >= 0.3 is 0 Å². The van der Waals surface area contributed by atoms with Gasteiger partial charge < -0.3 is 4.90 Å². The summed E-state index contributed by atoms with van der Waals surface area (Å²) in [7, 11) is 0. The Hall–Kier alpha value is -3.60. The number of carbonyl (C=O) groups excluding carboxylic acids is 2. The summed E-state index contributed by atoms with van der Waals surface area (Å²) < 4.78 is 3.88. The van der Waals surface area contributed by atoms with E-state index in [4.69, 9.17) is 0 Å². The Labute approximate surface area is 228 Å². The Balaban J connectivity index is 1.27. The number of rotatable bonds is 9. The summed E-state index contributed by atoms with van der Waals surface area (Å²) in [4.78, 5) is 35.0. The van der Waals surface area contributed by atoms with Crippen LogP contribution >= 0.6 is 23.1 Å². The molecule has 5 aromatic rings. The molecule has 2 aromatic heterocycles. The van der Waals surface area contributed by atoms with Gasteiger partial charge in [-0.3, -0.25) is 14.5 Å². The minimum atomic E-state index is -0.246. The minimum Gasteiger partial charge on any atom is -0.302 e. The lowest BCUT2D eigenvalue weighted by molar-refractivity contribution is 0.0594. The van der Waals surface area contributed by atoms with Gasteiger partial charge in [0.1, 0.15) is 0 Å². The molecular weight excluding hydrogens is 516 g/mol. The van der Waals surface area contributed by atoms with Crippen molar-refractivity contribution in [3.8, 4) is 5.69 Å². The zero-order chi connectivity index (χ0) is 26.2. The topological polar surface area (TPSA) is 84.2 Å². The molecule has 0 saturated carbocycles. The van der Waals surface area contributed by atoms with Crippen LogP contribution in [0.15, 0.2) is 65.1 Å². The molecule has 3 heterocycles. The number of benzene rings is 3. The SMILES string of the molecule is CCN(CC)CCN1C(=O)c2cccc3c(-n4cc(CSc5nc6ccccc6s5)nn4)ccc(c23)C1=O. The third-order valence-electron chi connectivity index (χ3n) is 6.91. The quantitative estimate of drug-likeness (QED) is 0.186. The number of nitrogens with zero attached hydrogens (tertiary/aromatic N) is 6. The van der Waals surface area contributed by atoms with E-state index >= 15 is 0 Å². The van der Waals surface area contributed by atoms with Crippen LogP contribution in [0, 0.1) is 0 Å². The molecule has 0 spiro atoms. The second-order valence-electron chi connectivity index (χ2n) is 9.04. The number of para-hydroxylation sites is 1. The van der Waals surface area contributed by atoms with Crippen molar-refractivity contribution in [1.82, 2.24) is 29.8 Å². The Morgan fingerprint density at radius 1 is 0.947 bits per heavy atom. The normalized spacial score (nSPS) is 13.4. The van der Waals surface area contributed by atoms with Gasteiger partial charge in [0.25, 0.3) is 11.8 Å². The molecular formula is C28H26N6O2S2. The van der Waals surface area contributed by atoms with Crippen LogP contribution in [0.4, 0.5) is 0 Å². The van der Waals surface area contributed by atoms with Crippen LogP contribution < -0.4 is 0 Å². The van der Waals surface area contributed by atoms with E-state index < -0.39 is 0 Å². The summed E-state index contributed by atoms with van der Waals surface area (Å²) >= 11 is 3.30. The lowest BCUT2D eigenvalue weighted by atomic mass is 9.93. The predicted octanol–water partition coefficient (Wildman–Crippen LogP) is 5.26. The number of thioether (sulfide) groups is 1. The molecule has 0 atom stereocenters. The third-order valence-corrected chi connectivity index (χ3v) is 9.12. The van der Waals surface area contributed by atoms with Crippen molar-refractivity contribution in [3.05, 3.63) is 77.6 Å². The first-order valence-electron chi connectivity index (χ1n) is 12.6. The summed E-state index contributed by atoms with van der Waals surface area (Å²) in [5.41, 5.74) is 3.70. The zero-order valence-corrected chi connectivity index (χ0v) is 22.8. The average molecular weight is 543 g/mol. The van der Waals surface area contributed by atoms with Crippen LogP contribution in [0.2, 0.25) is 0 Å². The second kappa shape index (κ2) is 10.3. The highest BCUT2D eigenvalue weighted by Gasteiger charge is 2.33. The number of thiazole rings is 1. The lowest BCUT2D eigenvalue weighted by Gasteiger charge is -2.29. The molecule has 10 heteroatoms. The van der Waals surface area contributed by atoms with E-state index in [1.165, 1.54) is 4.90 Å². The number of hydrogen-bond donors (Lipinski definition) is 0. The number of imide groups is 1. The Kier molecular flexibility index (Phi) is 6.69. The van der Waals surface area contributed by atoms with E-state index in [-0.39, 0.29) is 11.8 Å². The molecule has 38 heavy (non-hydrogen) atoms. The summed E-state index contributed by atoms with van der Waals surface area (Å²) in [6.45, 7) is 6.94. The fourth-order valence-electron chi connectivity index (χ4n) is 4.85. The molecule has 2 amide bonds. The van der Waals surface area contributed by atoms with Crippen molar-refractivity contribution in [2.45, 2.75) is 23.9 Å². The van der Waals surface area contributed by atoms with Gasteiger partial charge in [-0.05, 0) is 43.4 Å². The summed E-state index contributed by atoms with van der Waals surface area (Å²) in [6, 6.07) is 17.4. The lowest BCUT2D eigenvalue weighted by Crippen LogP contribution is -2.44.